The van der Waals surface area contributed by atoms with Gasteiger partial charge in [-0.1, -0.05) is 31.8 Å². The van der Waals surface area contributed by atoms with Crippen LogP contribution in [0.3, 0.4) is 0 Å². The van der Waals surface area contributed by atoms with Crippen LogP contribution in [0.2, 0.25) is 25.7 Å². The van der Waals surface area contributed by atoms with Crippen LogP contribution in [0.5, 0.6) is 0 Å². The zero-order valence-corrected chi connectivity index (χ0v) is 41.7. The fraction of sp³-hybridized carbons (Fsp3) is 0.636. The number of aryl methyl sites for hydroxylation is 4. The fourth-order valence-electron chi connectivity index (χ4n) is 9.68. The molecule has 4 heterocycles. The molecule has 2 aliphatic heterocycles. The maximum Gasteiger partial charge on any atom is 0.298 e. The largest absolute Gasteiger partial charge is 0.359 e. The quantitative estimate of drug-likeness (QED) is 0.0462. The Balaban J connectivity index is 0.000000156. The predicted molar refractivity (Wildman–Crippen MR) is 251 cm³/mol. The van der Waals surface area contributed by atoms with Crippen molar-refractivity contribution in [2.24, 2.45) is 0 Å². The summed E-state index contributed by atoms with van der Waals surface area (Å²) in [5.41, 5.74) is 12.8. The predicted octanol–water partition coefficient (Wildman–Crippen LogP) is 8.19. The lowest BCUT2D eigenvalue weighted by Gasteiger charge is -2.29. The summed E-state index contributed by atoms with van der Waals surface area (Å²) in [7, 11) is -3.70. The molecular weight excluding hydrogens is 952 g/mol. The van der Waals surface area contributed by atoms with Gasteiger partial charge in [-0.15, -0.1) is 10.2 Å². The maximum atomic E-state index is 13.4. The molecule has 4 aromatic rings. The summed E-state index contributed by atoms with van der Waals surface area (Å²) < 4.78 is 109. The molecule has 2 fully saturated rings. The van der Waals surface area contributed by atoms with Gasteiger partial charge in [-0.05, 0) is 128 Å². The molecule has 0 saturated carbocycles. The van der Waals surface area contributed by atoms with Crippen LogP contribution in [0, 0.1) is 0 Å². The highest BCUT2D eigenvalue weighted by Gasteiger charge is 2.40. The van der Waals surface area contributed by atoms with Crippen molar-refractivity contribution < 1.29 is 39.1 Å². The number of H-pyrrole nitrogens is 1. The number of piperidine rings is 2. The molecule has 2 saturated heterocycles. The van der Waals surface area contributed by atoms with Crippen LogP contribution < -0.4 is 16.0 Å². The molecule has 0 atom stereocenters. The van der Waals surface area contributed by atoms with E-state index < -0.39 is 57.0 Å². The Bertz CT molecular complexity index is 2600. The molecule has 0 unspecified atom stereocenters. The lowest BCUT2D eigenvalue weighted by atomic mass is 9.99. The van der Waals surface area contributed by atoms with Gasteiger partial charge >= 0.3 is 0 Å². The number of nitrogens with zero attached hydrogens (tertiary/aromatic N) is 6. The number of nitrogens with one attached hydrogen (secondary N) is 4. The normalized spacial score (nSPS) is 19.6. The van der Waals surface area contributed by atoms with Gasteiger partial charge in [-0.3, -0.25) is 0 Å². The number of hydrogen-bond donors (Lipinski definition) is 4. The summed E-state index contributed by atoms with van der Waals surface area (Å²) in [5.74, 6) is -4.64. The molecule has 67 heavy (non-hydrogen) atoms. The van der Waals surface area contributed by atoms with Gasteiger partial charge in [0.1, 0.15) is 6.73 Å². The van der Waals surface area contributed by atoms with E-state index in [0.717, 1.165) is 98.8 Å². The van der Waals surface area contributed by atoms with Gasteiger partial charge in [0.25, 0.3) is 41.2 Å². The van der Waals surface area contributed by atoms with Gasteiger partial charge < -0.3 is 20.7 Å². The SMILES string of the molecule is C[Si](C)(C)CCOCn1nc(S(=O)(=O)Cl)nc1Nc1c2c(cc3c1CCC3)CCC2.FC1(F)CCNCC1.O=S(=O)(c1nc(Nc2c3c(cc4c2CCC4)CCC3)n[nH]1)N1CCC(F)(F)CC1. The number of aromatic nitrogens is 6. The number of aromatic amines is 1. The van der Waals surface area contributed by atoms with Gasteiger partial charge in [-0.25, -0.2) is 44.2 Å². The summed E-state index contributed by atoms with van der Waals surface area (Å²) in [6.07, 6.45) is 11.9. The monoisotopic (exact) mass is 1010 g/mol. The first kappa shape index (κ1) is 49.7. The van der Waals surface area contributed by atoms with Crippen molar-refractivity contribution in [3.8, 4) is 0 Å². The summed E-state index contributed by atoms with van der Waals surface area (Å²) in [5, 5.41) is 19.5. The minimum Gasteiger partial charge on any atom is -0.359 e. The summed E-state index contributed by atoms with van der Waals surface area (Å²) in [6, 6.07) is 5.69. The van der Waals surface area contributed by atoms with Crippen LogP contribution in [0.25, 0.3) is 0 Å². The third kappa shape index (κ3) is 12.0. The lowest BCUT2D eigenvalue weighted by molar-refractivity contribution is -0.0413. The second-order valence-electron chi connectivity index (χ2n) is 19.6. The molecule has 6 aliphatic rings. The van der Waals surface area contributed by atoms with E-state index in [9.17, 15) is 34.4 Å². The number of alkyl halides is 4. The minimum absolute atomic E-state index is 0.00694. The van der Waals surface area contributed by atoms with E-state index in [0.29, 0.717) is 25.6 Å². The van der Waals surface area contributed by atoms with E-state index in [-0.39, 0.29) is 43.8 Å². The Morgan fingerprint density at radius 2 is 1.22 bits per heavy atom. The average molecular weight is 1010 g/mol. The first-order chi connectivity index (χ1) is 31.7. The molecule has 0 amide bonds. The molecule has 2 aromatic carbocycles. The zero-order valence-electron chi connectivity index (χ0n) is 38.3. The van der Waals surface area contributed by atoms with Gasteiger partial charge in [0.15, 0.2) is 0 Å². The van der Waals surface area contributed by atoms with Crippen molar-refractivity contribution in [3.63, 3.8) is 0 Å². The maximum absolute atomic E-state index is 13.4. The molecule has 368 valence electrons. The van der Waals surface area contributed by atoms with Crippen molar-refractivity contribution in [2.75, 3.05) is 43.4 Å². The van der Waals surface area contributed by atoms with Crippen LogP contribution >= 0.6 is 10.7 Å². The Morgan fingerprint density at radius 1 is 0.731 bits per heavy atom. The van der Waals surface area contributed by atoms with E-state index in [4.69, 9.17) is 15.4 Å². The number of benzene rings is 2. The van der Waals surface area contributed by atoms with E-state index in [1.807, 2.05) is 0 Å². The molecule has 4 aliphatic carbocycles. The Morgan fingerprint density at radius 3 is 1.69 bits per heavy atom. The van der Waals surface area contributed by atoms with Crippen molar-refractivity contribution >= 4 is 61.1 Å². The third-order valence-electron chi connectivity index (χ3n) is 13.3. The number of fused-ring (bicyclic) bond motifs is 4. The second kappa shape index (κ2) is 20.0. The van der Waals surface area contributed by atoms with Gasteiger partial charge in [0.2, 0.25) is 11.9 Å². The van der Waals surface area contributed by atoms with Gasteiger partial charge in [0.05, 0.1) is 0 Å². The van der Waals surface area contributed by atoms with E-state index in [1.54, 1.807) is 0 Å². The molecule has 0 spiro atoms. The fourth-order valence-corrected chi connectivity index (χ4v) is 12.3. The topological polar surface area (TPSA) is 189 Å². The molecule has 2 aromatic heterocycles. The van der Waals surface area contributed by atoms with Crippen molar-refractivity contribution in [1.29, 1.82) is 0 Å². The molecule has 15 nitrogen and oxygen atoms in total. The summed E-state index contributed by atoms with van der Waals surface area (Å²) in [6.45, 7) is 8.07. The lowest BCUT2D eigenvalue weighted by Crippen LogP contribution is -2.42. The number of sulfonamides is 1. The van der Waals surface area contributed by atoms with Crippen LogP contribution in [0.1, 0.15) is 95.9 Å². The number of ether oxygens (including phenoxy) is 1. The Kier molecular flexibility index (Phi) is 14.8. The highest BCUT2D eigenvalue weighted by atomic mass is 35.7. The third-order valence-corrected chi connectivity index (χ3v) is 17.8. The van der Waals surface area contributed by atoms with Crippen LogP contribution in [0.15, 0.2) is 22.4 Å². The minimum atomic E-state index is -4.03. The number of hydrogen-bond acceptors (Lipinski definition) is 12. The van der Waals surface area contributed by atoms with Crippen LogP contribution in [-0.4, -0.2) is 104 Å². The van der Waals surface area contributed by atoms with Gasteiger partial charge in [-0.2, -0.15) is 14.3 Å². The summed E-state index contributed by atoms with van der Waals surface area (Å²) >= 11 is 0. The number of halogens is 5. The summed E-state index contributed by atoms with van der Waals surface area (Å²) in [4.78, 5) is 8.35. The van der Waals surface area contributed by atoms with Crippen molar-refractivity contribution in [3.05, 3.63) is 56.6 Å². The molecule has 4 N–H and O–H groups in total. The Labute approximate surface area is 395 Å². The second-order valence-corrected chi connectivity index (χ2v) is 29.5. The molecule has 0 radical (unpaired) electrons. The smallest absolute Gasteiger partial charge is 0.298 e. The van der Waals surface area contributed by atoms with Crippen molar-refractivity contribution in [2.45, 2.75) is 157 Å². The average Bonchev–Trinajstić information content (AvgIpc) is 4.11. The zero-order chi connectivity index (χ0) is 47.8. The molecule has 23 heteroatoms. The molecule has 10 rings (SSSR count). The standard InChI is InChI=1S/C20H29ClN4O3SSi.C19H23F2N5O2S.C5H9F2N/c1-30(2,3)11-10-28-13-25-19(23-20(24-25)29(21,26)27)22-18-16-8-4-6-14(16)12-15-7-5-9-17(15)18;20-19(21)7-9-26(10-8-19)29(27,28)18-23-17(24-25-18)22-16-14-5-1-3-12(14)11-13-4-2-6-15(13)16;6-5(7)1-3-8-4-2-5/h12H,4-11,13H2,1-3H3,(H,22,23,24);11H,1-10H2,(H2,22,23,24,25);8H,1-4H2. The first-order valence-corrected chi connectivity index (χ1v) is 30.8. The highest BCUT2D eigenvalue weighted by Crippen LogP contribution is 2.41. The number of rotatable bonds is 12. The molecule has 0 bridgehead atoms. The van der Waals surface area contributed by atoms with E-state index in [2.05, 4.69) is 73.0 Å². The Hall–Kier alpha value is -3.67. The van der Waals surface area contributed by atoms with E-state index >= 15 is 0 Å². The molecular formula is C44H61ClF4N10O5S2Si. The van der Waals surface area contributed by atoms with E-state index in [1.165, 1.54) is 49.2 Å². The van der Waals surface area contributed by atoms with Crippen LogP contribution in [-0.2, 0) is 81.9 Å². The number of anilines is 4. The van der Waals surface area contributed by atoms with Gasteiger partial charge in [0, 0.05) is 88.6 Å². The van der Waals surface area contributed by atoms with Crippen LogP contribution in [0.4, 0.5) is 40.8 Å². The first-order valence-electron chi connectivity index (χ1n) is 23.4. The highest BCUT2D eigenvalue weighted by molar-refractivity contribution is 8.13. The van der Waals surface area contributed by atoms with Crippen molar-refractivity contribution in [1.82, 2.24) is 39.6 Å².